The zero-order valence-corrected chi connectivity index (χ0v) is 26.1. The molecule has 0 radical (unpaired) electrons. The van der Waals surface area contributed by atoms with E-state index in [-0.39, 0.29) is 78.7 Å². The largest absolute Gasteiger partial charge is 0.364 e. The van der Waals surface area contributed by atoms with Crippen molar-refractivity contribution in [2.75, 3.05) is 50.8 Å². The normalized spacial score (nSPS) is 23.4. The summed E-state index contributed by atoms with van der Waals surface area (Å²) in [5, 5.41) is 3.52. The maximum absolute atomic E-state index is 13.9. The Morgan fingerprint density at radius 2 is 1.83 bits per heavy atom. The van der Waals surface area contributed by atoms with Crippen molar-refractivity contribution in [2.45, 2.75) is 64.1 Å². The molecule has 0 spiro atoms. The summed E-state index contributed by atoms with van der Waals surface area (Å²) >= 11 is 0. The van der Waals surface area contributed by atoms with Crippen LogP contribution in [0.25, 0.3) is 0 Å². The standard InChI is InChI=1S/C30H40FN5O3.2ClH/c1-20-14-34(24(13-32-20)15-35-19-30(4,5)39-17-27(35)38)16-26(37)36-18-29(2,3)28-25(36)11-22(12-33-28)10-21-6-8-23(31)9-7-21;;/h6-9,11-12,20,24,32H,10,13-19H2,1-5H3;2*1H/t20-,24-;;/m1../s1. The fourth-order valence-electron chi connectivity index (χ4n) is 5.96. The second-order valence-electron chi connectivity index (χ2n) is 12.6. The lowest BCUT2D eigenvalue weighted by molar-refractivity contribution is -0.160. The van der Waals surface area contributed by atoms with E-state index in [0.717, 1.165) is 29.1 Å². The highest BCUT2D eigenvalue weighted by molar-refractivity contribution is 5.97. The molecular formula is C30H42Cl2FN5O3. The van der Waals surface area contributed by atoms with E-state index in [1.165, 1.54) is 12.1 Å². The molecule has 0 unspecified atom stereocenters. The maximum Gasteiger partial charge on any atom is 0.248 e. The summed E-state index contributed by atoms with van der Waals surface area (Å²) in [6.07, 6.45) is 2.48. The molecule has 0 bridgehead atoms. The molecule has 1 N–H and O–H groups in total. The van der Waals surface area contributed by atoms with Crippen LogP contribution in [0.2, 0.25) is 0 Å². The Hall–Kier alpha value is -2.30. The minimum absolute atomic E-state index is 0. The van der Waals surface area contributed by atoms with Crippen molar-refractivity contribution in [3.63, 3.8) is 0 Å². The summed E-state index contributed by atoms with van der Waals surface area (Å²) in [6, 6.07) is 8.82. The number of aromatic nitrogens is 1. The van der Waals surface area contributed by atoms with E-state index in [4.69, 9.17) is 9.72 Å². The summed E-state index contributed by atoms with van der Waals surface area (Å²) in [4.78, 5) is 37.2. The summed E-state index contributed by atoms with van der Waals surface area (Å²) in [5.74, 6) is -0.226. The molecule has 2 atom stereocenters. The van der Waals surface area contributed by atoms with E-state index in [2.05, 4.69) is 37.1 Å². The molecule has 0 aliphatic carbocycles. The number of pyridine rings is 1. The van der Waals surface area contributed by atoms with E-state index in [9.17, 15) is 14.0 Å². The highest BCUT2D eigenvalue weighted by Gasteiger charge is 2.41. The molecule has 5 rings (SSSR count). The van der Waals surface area contributed by atoms with Crippen LogP contribution in [0.4, 0.5) is 10.1 Å². The Bertz CT molecular complexity index is 1240. The van der Waals surface area contributed by atoms with Crippen LogP contribution in [0.3, 0.4) is 0 Å². The SMILES string of the molecule is C[C@@H]1CN(CC(=O)N2CC(C)(C)c3ncc(Cc4ccc(F)cc4)cc32)[C@@H](CN2CC(C)(C)OCC2=O)CN1.Cl.Cl. The number of benzene rings is 1. The number of hydrogen-bond donors (Lipinski definition) is 1. The molecular weight excluding hydrogens is 568 g/mol. The van der Waals surface area contributed by atoms with Gasteiger partial charge >= 0.3 is 0 Å². The first-order chi connectivity index (χ1) is 18.4. The van der Waals surface area contributed by atoms with Gasteiger partial charge in [0, 0.05) is 56.4 Å². The van der Waals surface area contributed by atoms with Crippen LogP contribution in [0.5, 0.6) is 0 Å². The van der Waals surface area contributed by atoms with E-state index in [1.807, 2.05) is 29.8 Å². The number of carbonyl (C=O) groups is 2. The Kier molecular flexibility index (Phi) is 10.5. The molecule has 1 aromatic carbocycles. The van der Waals surface area contributed by atoms with Crippen molar-refractivity contribution in [1.82, 2.24) is 20.1 Å². The van der Waals surface area contributed by atoms with Gasteiger partial charge in [-0.05, 0) is 56.5 Å². The fraction of sp³-hybridized carbons (Fsp3) is 0.567. The second-order valence-corrected chi connectivity index (χ2v) is 12.6. The lowest BCUT2D eigenvalue weighted by Crippen LogP contribution is -2.63. The fourth-order valence-corrected chi connectivity index (χ4v) is 5.96. The molecule has 3 aliphatic heterocycles. The molecule has 11 heteroatoms. The monoisotopic (exact) mass is 609 g/mol. The third-order valence-electron chi connectivity index (χ3n) is 8.04. The van der Waals surface area contributed by atoms with Gasteiger partial charge in [-0.15, -0.1) is 24.8 Å². The zero-order chi connectivity index (χ0) is 27.9. The highest BCUT2D eigenvalue weighted by atomic mass is 35.5. The van der Waals surface area contributed by atoms with E-state index in [1.54, 1.807) is 12.1 Å². The van der Waals surface area contributed by atoms with Crippen LogP contribution in [-0.2, 0) is 26.2 Å². The van der Waals surface area contributed by atoms with Crippen molar-refractivity contribution in [3.05, 3.63) is 59.2 Å². The molecule has 1 aromatic heterocycles. The smallest absolute Gasteiger partial charge is 0.248 e. The summed E-state index contributed by atoms with van der Waals surface area (Å²) < 4.78 is 19.0. The lowest BCUT2D eigenvalue weighted by atomic mass is 9.91. The first kappa shape index (κ1) is 33.2. The van der Waals surface area contributed by atoms with E-state index in [0.29, 0.717) is 32.6 Å². The number of anilines is 1. The summed E-state index contributed by atoms with van der Waals surface area (Å²) in [7, 11) is 0. The third-order valence-corrected chi connectivity index (χ3v) is 8.04. The number of nitrogens with one attached hydrogen (secondary N) is 1. The summed E-state index contributed by atoms with van der Waals surface area (Å²) in [5.41, 5.74) is 3.11. The van der Waals surface area contributed by atoms with Crippen LogP contribution in [-0.4, -0.2) is 90.2 Å². The first-order valence-corrected chi connectivity index (χ1v) is 13.8. The van der Waals surface area contributed by atoms with Crippen LogP contribution in [0, 0.1) is 5.82 Å². The van der Waals surface area contributed by atoms with Crippen molar-refractivity contribution in [2.24, 2.45) is 0 Å². The quantitative estimate of drug-likeness (QED) is 0.539. The minimum atomic E-state index is -0.382. The Balaban J connectivity index is 0.00000231. The zero-order valence-electron chi connectivity index (χ0n) is 24.5. The van der Waals surface area contributed by atoms with Gasteiger partial charge in [-0.2, -0.15) is 0 Å². The van der Waals surface area contributed by atoms with Gasteiger partial charge in [-0.25, -0.2) is 4.39 Å². The molecule has 2 amide bonds. The van der Waals surface area contributed by atoms with Crippen molar-refractivity contribution >= 4 is 42.3 Å². The molecule has 3 aliphatic rings. The Morgan fingerprint density at radius 3 is 2.54 bits per heavy atom. The van der Waals surface area contributed by atoms with E-state index < -0.39 is 0 Å². The second kappa shape index (κ2) is 12.9. The number of morpholine rings is 1. The summed E-state index contributed by atoms with van der Waals surface area (Å²) in [6.45, 7) is 13.8. The van der Waals surface area contributed by atoms with Crippen LogP contribution >= 0.6 is 24.8 Å². The number of nitrogens with zero attached hydrogens (tertiary/aromatic N) is 4. The van der Waals surface area contributed by atoms with Gasteiger partial charge in [0.2, 0.25) is 11.8 Å². The minimum Gasteiger partial charge on any atom is -0.364 e. The van der Waals surface area contributed by atoms with Gasteiger partial charge in [0.05, 0.1) is 23.5 Å². The average molecular weight is 611 g/mol. The maximum atomic E-state index is 13.9. The number of carbonyl (C=O) groups excluding carboxylic acids is 2. The molecule has 226 valence electrons. The van der Waals surface area contributed by atoms with E-state index >= 15 is 0 Å². The number of hydrogen-bond acceptors (Lipinski definition) is 6. The van der Waals surface area contributed by atoms with Crippen molar-refractivity contribution < 1.29 is 18.7 Å². The molecule has 2 fully saturated rings. The highest BCUT2D eigenvalue weighted by Crippen LogP contribution is 2.39. The molecule has 41 heavy (non-hydrogen) atoms. The molecule has 8 nitrogen and oxygen atoms in total. The predicted molar refractivity (Wildman–Crippen MR) is 163 cm³/mol. The Morgan fingerprint density at radius 1 is 1.12 bits per heavy atom. The number of rotatable bonds is 6. The average Bonchev–Trinajstić information content (AvgIpc) is 3.14. The third kappa shape index (κ3) is 7.56. The van der Waals surface area contributed by atoms with Crippen molar-refractivity contribution in [3.8, 4) is 0 Å². The number of fused-ring (bicyclic) bond motifs is 1. The molecule has 4 heterocycles. The van der Waals surface area contributed by atoms with Gasteiger partial charge < -0.3 is 19.9 Å². The van der Waals surface area contributed by atoms with Gasteiger partial charge in [-0.1, -0.05) is 26.0 Å². The molecule has 2 aromatic rings. The lowest BCUT2D eigenvalue weighted by Gasteiger charge is -2.44. The topological polar surface area (TPSA) is 78.0 Å². The number of ether oxygens (including phenoxy) is 1. The van der Waals surface area contributed by atoms with Gasteiger partial charge in [-0.3, -0.25) is 19.5 Å². The number of amides is 2. The van der Waals surface area contributed by atoms with Crippen LogP contribution in [0.15, 0.2) is 36.5 Å². The van der Waals surface area contributed by atoms with Crippen molar-refractivity contribution in [1.29, 1.82) is 0 Å². The van der Waals surface area contributed by atoms with Gasteiger partial charge in [0.25, 0.3) is 0 Å². The van der Waals surface area contributed by atoms with Crippen LogP contribution < -0.4 is 10.2 Å². The molecule has 2 saturated heterocycles. The molecule has 0 saturated carbocycles. The predicted octanol–water partition coefficient (Wildman–Crippen LogP) is 3.58. The first-order valence-electron chi connectivity index (χ1n) is 13.8. The van der Waals surface area contributed by atoms with Gasteiger partial charge in [0.15, 0.2) is 0 Å². The van der Waals surface area contributed by atoms with Crippen LogP contribution in [0.1, 0.15) is 51.4 Å². The Labute approximate surface area is 254 Å². The number of halogens is 3. The van der Waals surface area contributed by atoms with Gasteiger partial charge in [0.1, 0.15) is 12.4 Å². The number of piperazine rings is 1.